The number of rotatable bonds is 9. The van der Waals surface area contributed by atoms with E-state index in [1.54, 1.807) is 0 Å². The lowest BCUT2D eigenvalue weighted by atomic mass is 10.1. The number of nitrogens with one attached hydrogen (secondary N) is 2. The molecule has 0 aliphatic rings. The van der Waals surface area contributed by atoms with E-state index in [0.29, 0.717) is 6.54 Å². The summed E-state index contributed by atoms with van der Waals surface area (Å²) in [6.07, 6.45) is 4.98. The van der Waals surface area contributed by atoms with E-state index in [2.05, 4.69) is 47.4 Å². The van der Waals surface area contributed by atoms with Crippen LogP contribution in [-0.4, -0.2) is 28.8 Å². The van der Waals surface area contributed by atoms with Gasteiger partial charge < -0.3 is 19.9 Å². The first-order valence-electron chi connectivity index (χ1n) is 8.70. The highest BCUT2D eigenvalue weighted by molar-refractivity contribution is 5.67. The molecule has 1 rings (SSSR count). The van der Waals surface area contributed by atoms with Gasteiger partial charge in [-0.1, -0.05) is 20.3 Å². The van der Waals surface area contributed by atoms with Crippen LogP contribution in [0.2, 0.25) is 0 Å². The standard InChI is InChI=1S/C18H33N3O2/c1-6-9-15(13-20-17(22)23-18(3,4)5)19-14-16-10-8-12-21(16)11-7-2/h8,10,12,15,19H,6-7,9,11,13-14H2,1-5H3,(H,20,22). The maximum atomic E-state index is 11.8. The van der Waals surface area contributed by atoms with Crippen molar-refractivity contribution in [2.45, 2.75) is 78.6 Å². The largest absolute Gasteiger partial charge is 0.444 e. The molecular formula is C18H33N3O2. The zero-order chi connectivity index (χ0) is 17.3. The van der Waals surface area contributed by atoms with Crippen molar-refractivity contribution >= 4 is 6.09 Å². The fourth-order valence-corrected chi connectivity index (χ4v) is 2.46. The summed E-state index contributed by atoms with van der Waals surface area (Å²) in [6.45, 7) is 12.4. The second-order valence-corrected chi connectivity index (χ2v) is 6.94. The first-order valence-corrected chi connectivity index (χ1v) is 8.70. The molecule has 1 amide bonds. The van der Waals surface area contributed by atoms with Crippen LogP contribution in [0.1, 0.15) is 59.6 Å². The molecule has 0 radical (unpaired) electrons. The van der Waals surface area contributed by atoms with Crippen molar-refractivity contribution in [1.29, 1.82) is 0 Å². The van der Waals surface area contributed by atoms with Crippen molar-refractivity contribution in [3.05, 3.63) is 24.0 Å². The number of hydrogen-bond donors (Lipinski definition) is 2. The van der Waals surface area contributed by atoms with Crippen molar-refractivity contribution in [2.75, 3.05) is 6.54 Å². The summed E-state index contributed by atoms with van der Waals surface area (Å²) >= 11 is 0. The number of amides is 1. The Morgan fingerprint density at radius 3 is 2.65 bits per heavy atom. The molecule has 0 aromatic carbocycles. The molecule has 0 spiro atoms. The molecule has 1 aromatic rings. The van der Waals surface area contributed by atoms with Crippen LogP contribution in [0.5, 0.6) is 0 Å². The topological polar surface area (TPSA) is 55.3 Å². The predicted octanol–water partition coefficient (Wildman–Crippen LogP) is 3.68. The number of carbonyl (C=O) groups is 1. The van der Waals surface area contributed by atoms with Crippen LogP contribution in [0.15, 0.2) is 18.3 Å². The van der Waals surface area contributed by atoms with Gasteiger partial charge in [-0.3, -0.25) is 0 Å². The molecule has 23 heavy (non-hydrogen) atoms. The fraction of sp³-hybridized carbons (Fsp3) is 0.722. The van der Waals surface area contributed by atoms with Crippen molar-refractivity contribution in [3.63, 3.8) is 0 Å². The monoisotopic (exact) mass is 323 g/mol. The van der Waals surface area contributed by atoms with Gasteiger partial charge in [-0.2, -0.15) is 0 Å². The Labute approximate surface area is 140 Å². The molecule has 5 nitrogen and oxygen atoms in total. The molecule has 0 fully saturated rings. The average Bonchev–Trinajstić information content (AvgIpc) is 2.88. The van der Waals surface area contributed by atoms with Crippen molar-refractivity contribution < 1.29 is 9.53 Å². The van der Waals surface area contributed by atoms with Crippen LogP contribution in [0.3, 0.4) is 0 Å². The lowest BCUT2D eigenvalue weighted by Crippen LogP contribution is -2.42. The second-order valence-electron chi connectivity index (χ2n) is 6.94. The van der Waals surface area contributed by atoms with Gasteiger partial charge in [-0.25, -0.2) is 4.79 Å². The number of hydrogen-bond acceptors (Lipinski definition) is 3. The third-order valence-electron chi connectivity index (χ3n) is 3.49. The van der Waals surface area contributed by atoms with Gasteiger partial charge in [-0.05, 0) is 45.7 Å². The molecule has 2 N–H and O–H groups in total. The lowest BCUT2D eigenvalue weighted by Gasteiger charge is -2.23. The van der Waals surface area contributed by atoms with Crippen LogP contribution < -0.4 is 10.6 Å². The van der Waals surface area contributed by atoms with Gasteiger partial charge in [0, 0.05) is 37.6 Å². The number of carbonyl (C=O) groups excluding carboxylic acids is 1. The summed E-state index contributed by atoms with van der Waals surface area (Å²) < 4.78 is 7.56. The molecule has 1 heterocycles. The van der Waals surface area contributed by atoms with Crippen molar-refractivity contribution in [1.82, 2.24) is 15.2 Å². The Bertz CT molecular complexity index is 463. The predicted molar refractivity (Wildman–Crippen MR) is 94.5 cm³/mol. The Kier molecular flexibility index (Phi) is 8.17. The van der Waals surface area contributed by atoms with E-state index >= 15 is 0 Å². The Morgan fingerprint density at radius 2 is 2.04 bits per heavy atom. The molecule has 132 valence electrons. The number of ether oxygens (including phenoxy) is 1. The van der Waals surface area contributed by atoms with Crippen LogP contribution in [0, 0.1) is 0 Å². The minimum absolute atomic E-state index is 0.248. The maximum absolute atomic E-state index is 11.8. The van der Waals surface area contributed by atoms with Gasteiger partial charge in [0.25, 0.3) is 0 Å². The van der Waals surface area contributed by atoms with E-state index in [-0.39, 0.29) is 12.1 Å². The summed E-state index contributed by atoms with van der Waals surface area (Å²) in [6, 6.07) is 4.48. The molecular weight excluding hydrogens is 290 g/mol. The first-order chi connectivity index (χ1) is 10.9. The molecule has 1 unspecified atom stereocenters. The zero-order valence-electron chi connectivity index (χ0n) is 15.3. The summed E-state index contributed by atoms with van der Waals surface area (Å²) in [7, 11) is 0. The minimum atomic E-state index is -0.460. The van der Waals surface area contributed by atoms with Gasteiger partial charge in [0.1, 0.15) is 5.60 Å². The quantitative estimate of drug-likeness (QED) is 0.729. The Morgan fingerprint density at radius 1 is 1.30 bits per heavy atom. The normalized spacial score (nSPS) is 12.9. The van der Waals surface area contributed by atoms with Crippen molar-refractivity contribution in [2.24, 2.45) is 0 Å². The highest BCUT2D eigenvalue weighted by Gasteiger charge is 2.17. The van der Waals surface area contributed by atoms with Crippen LogP contribution in [0.4, 0.5) is 4.79 Å². The summed E-state index contributed by atoms with van der Waals surface area (Å²) in [5.41, 5.74) is 0.823. The van der Waals surface area contributed by atoms with E-state index in [1.807, 2.05) is 20.8 Å². The number of alkyl carbamates (subject to hydrolysis) is 1. The molecule has 0 saturated heterocycles. The summed E-state index contributed by atoms with van der Waals surface area (Å²) in [5.74, 6) is 0. The van der Waals surface area contributed by atoms with Crippen LogP contribution in [0.25, 0.3) is 0 Å². The van der Waals surface area contributed by atoms with Crippen LogP contribution >= 0.6 is 0 Å². The van der Waals surface area contributed by atoms with E-state index in [4.69, 9.17) is 4.74 Å². The fourth-order valence-electron chi connectivity index (χ4n) is 2.46. The number of aryl methyl sites for hydroxylation is 1. The summed E-state index contributed by atoms with van der Waals surface area (Å²) in [5, 5.41) is 6.41. The van der Waals surface area contributed by atoms with E-state index < -0.39 is 5.60 Å². The number of nitrogens with zero attached hydrogens (tertiary/aromatic N) is 1. The smallest absolute Gasteiger partial charge is 0.407 e. The SMILES string of the molecule is CCCC(CNC(=O)OC(C)(C)C)NCc1cccn1CCC. The lowest BCUT2D eigenvalue weighted by molar-refractivity contribution is 0.0521. The zero-order valence-corrected chi connectivity index (χ0v) is 15.3. The average molecular weight is 323 g/mol. The highest BCUT2D eigenvalue weighted by atomic mass is 16.6. The Hall–Kier alpha value is -1.49. The molecule has 0 aliphatic heterocycles. The van der Waals surface area contributed by atoms with Gasteiger partial charge in [0.15, 0.2) is 0 Å². The molecule has 0 aliphatic carbocycles. The van der Waals surface area contributed by atoms with Gasteiger partial charge in [0.2, 0.25) is 0 Å². The summed E-state index contributed by atoms with van der Waals surface area (Å²) in [4.78, 5) is 11.8. The van der Waals surface area contributed by atoms with Crippen LogP contribution in [-0.2, 0) is 17.8 Å². The highest BCUT2D eigenvalue weighted by Crippen LogP contribution is 2.07. The molecule has 0 bridgehead atoms. The molecule has 1 aromatic heterocycles. The van der Waals surface area contributed by atoms with Gasteiger partial charge in [0.05, 0.1) is 0 Å². The Balaban J connectivity index is 2.45. The molecule has 5 heteroatoms. The van der Waals surface area contributed by atoms with E-state index in [0.717, 1.165) is 32.4 Å². The third kappa shape index (κ3) is 8.07. The van der Waals surface area contributed by atoms with E-state index in [9.17, 15) is 4.79 Å². The van der Waals surface area contributed by atoms with Crippen molar-refractivity contribution in [3.8, 4) is 0 Å². The second kappa shape index (κ2) is 9.60. The molecule has 0 saturated carbocycles. The van der Waals surface area contributed by atoms with Gasteiger partial charge >= 0.3 is 6.09 Å². The van der Waals surface area contributed by atoms with Gasteiger partial charge in [-0.15, -0.1) is 0 Å². The first kappa shape index (κ1) is 19.6. The minimum Gasteiger partial charge on any atom is -0.444 e. The van der Waals surface area contributed by atoms with E-state index in [1.165, 1.54) is 5.69 Å². The third-order valence-corrected chi connectivity index (χ3v) is 3.49. The number of aromatic nitrogens is 1. The molecule has 1 atom stereocenters. The maximum Gasteiger partial charge on any atom is 0.407 e.